The first-order valence-electron chi connectivity index (χ1n) is 6.30. The van der Waals surface area contributed by atoms with Gasteiger partial charge in [0.05, 0.1) is 18.2 Å². The van der Waals surface area contributed by atoms with Gasteiger partial charge in [-0.05, 0) is 31.5 Å². The summed E-state index contributed by atoms with van der Waals surface area (Å²) in [5.74, 6) is 0.723. The predicted molar refractivity (Wildman–Crippen MR) is 76.3 cm³/mol. The van der Waals surface area contributed by atoms with E-state index in [1.165, 1.54) is 17.7 Å². The fourth-order valence-electron chi connectivity index (χ4n) is 2.51. The number of nitrogens with zero attached hydrogens (tertiary/aromatic N) is 2. The van der Waals surface area contributed by atoms with Crippen molar-refractivity contribution >= 4 is 15.9 Å². The van der Waals surface area contributed by atoms with Crippen molar-refractivity contribution in [3.8, 4) is 11.3 Å². The highest BCUT2D eigenvalue weighted by atomic mass is 79.9. The van der Waals surface area contributed by atoms with Crippen LogP contribution in [0.25, 0.3) is 11.3 Å². The Bertz CT molecular complexity index is 529. The number of halogens is 1. The third kappa shape index (κ3) is 2.35. The number of imidazole rings is 1. The Labute approximate surface area is 115 Å². The molecule has 0 bridgehead atoms. The Morgan fingerprint density at radius 3 is 3.06 bits per heavy atom. The van der Waals surface area contributed by atoms with Crippen molar-refractivity contribution in [2.75, 3.05) is 13.1 Å². The van der Waals surface area contributed by atoms with Crippen LogP contribution in [0.1, 0.15) is 6.42 Å². The average molecular weight is 306 g/mol. The van der Waals surface area contributed by atoms with E-state index < -0.39 is 0 Å². The van der Waals surface area contributed by atoms with Gasteiger partial charge in [-0.25, -0.2) is 4.98 Å². The Morgan fingerprint density at radius 1 is 1.39 bits per heavy atom. The molecule has 2 aromatic rings. The number of aromatic nitrogens is 2. The molecule has 0 saturated carbocycles. The second-order valence-electron chi connectivity index (χ2n) is 4.77. The number of nitrogens with one attached hydrogen (secondary N) is 1. The molecule has 0 aliphatic carbocycles. The Balaban J connectivity index is 1.89. The number of benzene rings is 1. The van der Waals surface area contributed by atoms with E-state index >= 15 is 0 Å². The maximum absolute atomic E-state index is 4.30. The molecular formula is C14H16BrN3. The summed E-state index contributed by atoms with van der Waals surface area (Å²) >= 11 is 3.61. The van der Waals surface area contributed by atoms with Gasteiger partial charge in [-0.1, -0.05) is 34.1 Å². The first kappa shape index (κ1) is 11.9. The van der Waals surface area contributed by atoms with Gasteiger partial charge in [0.2, 0.25) is 0 Å². The van der Waals surface area contributed by atoms with E-state index in [1.807, 2.05) is 18.6 Å². The molecular weight excluding hydrogens is 290 g/mol. The van der Waals surface area contributed by atoms with Gasteiger partial charge in [0.1, 0.15) is 0 Å². The molecule has 1 aromatic heterocycles. The van der Waals surface area contributed by atoms with Crippen LogP contribution < -0.4 is 5.32 Å². The minimum Gasteiger partial charge on any atom is -0.330 e. The molecule has 0 spiro atoms. The van der Waals surface area contributed by atoms with Crippen LogP contribution in [0, 0.1) is 5.92 Å². The Hall–Kier alpha value is -1.13. The van der Waals surface area contributed by atoms with Crippen LogP contribution in [-0.2, 0) is 6.54 Å². The lowest BCUT2D eigenvalue weighted by Gasteiger charge is -2.13. The zero-order valence-electron chi connectivity index (χ0n) is 10.1. The summed E-state index contributed by atoms with van der Waals surface area (Å²) in [6.07, 6.45) is 5.14. The van der Waals surface area contributed by atoms with Crippen molar-refractivity contribution in [1.82, 2.24) is 14.9 Å². The highest BCUT2D eigenvalue weighted by Crippen LogP contribution is 2.28. The molecule has 1 N–H and O–H groups in total. The quantitative estimate of drug-likeness (QED) is 0.945. The highest BCUT2D eigenvalue weighted by molar-refractivity contribution is 9.10. The summed E-state index contributed by atoms with van der Waals surface area (Å²) in [6, 6.07) is 8.30. The zero-order valence-corrected chi connectivity index (χ0v) is 11.7. The third-order valence-electron chi connectivity index (χ3n) is 3.48. The fraction of sp³-hybridized carbons (Fsp3) is 0.357. The van der Waals surface area contributed by atoms with Gasteiger partial charge in [-0.2, -0.15) is 0 Å². The third-order valence-corrected chi connectivity index (χ3v) is 4.17. The van der Waals surface area contributed by atoms with E-state index in [2.05, 4.69) is 49.0 Å². The van der Waals surface area contributed by atoms with Crippen molar-refractivity contribution < 1.29 is 0 Å². The largest absolute Gasteiger partial charge is 0.330 e. The van der Waals surface area contributed by atoms with Crippen molar-refractivity contribution in [2.45, 2.75) is 13.0 Å². The molecule has 1 aliphatic rings. The molecule has 94 valence electrons. The predicted octanol–water partition coefficient (Wildman–Crippen LogP) is 2.92. The zero-order chi connectivity index (χ0) is 12.4. The second kappa shape index (κ2) is 5.24. The van der Waals surface area contributed by atoms with Crippen molar-refractivity contribution in [2.24, 2.45) is 5.92 Å². The summed E-state index contributed by atoms with van der Waals surface area (Å²) < 4.78 is 3.38. The molecule has 4 heteroatoms. The molecule has 3 nitrogen and oxygen atoms in total. The van der Waals surface area contributed by atoms with Crippen molar-refractivity contribution in [3.05, 3.63) is 41.3 Å². The van der Waals surface area contributed by atoms with Gasteiger partial charge in [0, 0.05) is 16.6 Å². The summed E-state index contributed by atoms with van der Waals surface area (Å²) in [4.78, 5) is 4.30. The van der Waals surface area contributed by atoms with E-state index in [-0.39, 0.29) is 0 Å². The van der Waals surface area contributed by atoms with Crippen LogP contribution in [0.5, 0.6) is 0 Å². The molecule has 1 fully saturated rings. The molecule has 2 heterocycles. The van der Waals surface area contributed by atoms with Gasteiger partial charge in [-0.3, -0.25) is 0 Å². The summed E-state index contributed by atoms with van der Waals surface area (Å²) in [6.45, 7) is 3.31. The lowest BCUT2D eigenvalue weighted by Crippen LogP contribution is -2.14. The van der Waals surface area contributed by atoms with E-state index in [0.717, 1.165) is 30.0 Å². The second-order valence-corrected chi connectivity index (χ2v) is 5.62. The van der Waals surface area contributed by atoms with Gasteiger partial charge in [0.25, 0.3) is 0 Å². The standard InChI is InChI=1S/C14H16BrN3/c15-13-4-2-1-3-12(13)14-8-17-10-18(14)9-11-5-6-16-7-11/h1-4,8,10-11,16H,5-7,9H2. The molecule has 18 heavy (non-hydrogen) atoms. The smallest absolute Gasteiger partial charge is 0.0951 e. The molecule has 1 atom stereocenters. The number of rotatable bonds is 3. The summed E-state index contributed by atoms with van der Waals surface area (Å²) in [5.41, 5.74) is 2.40. The van der Waals surface area contributed by atoms with Crippen LogP contribution in [0.2, 0.25) is 0 Å². The first-order valence-corrected chi connectivity index (χ1v) is 7.09. The van der Waals surface area contributed by atoms with E-state index in [1.54, 1.807) is 0 Å². The number of hydrogen-bond acceptors (Lipinski definition) is 2. The fourth-order valence-corrected chi connectivity index (χ4v) is 3.00. The van der Waals surface area contributed by atoms with Crippen LogP contribution in [0.4, 0.5) is 0 Å². The van der Waals surface area contributed by atoms with Gasteiger partial charge >= 0.3 is 0 Å². The van der Waals surface area contributed by atoms with E-state index in [0.29, 0.717) is 0 Å². The first-order chi connectivity index (χ1) is 8.84. The lowest BCUT2D eigenvalue weighted by atomic mass is 10.1. The van der Waals surface area contributed by atoms with Crippen molar-refractivity contribution in [3.63, 3.8) is 0 Å². The minimum absolute atomic E-state index is 0.723. The Kier molecular flexibility index (Phi) is 3.48. The van der Waals surface area contributed by atoms with Crippen LogP contribution in [0.3, 0.4) is 0 Å². The molecule has 1 unspecified atom stereocenters. The average Bonchev–Trinajstić information content (AvgIpc) is 3.02. The highest BCUT2D eigenvalue weighted by Gasteiger charge is 2.17. The van der Waals surface area contributed by atoms with Crippen LogP contribution in [-0.4, -0.2) is 22.6 Å². The van der Waals surface area contributed by atoms with Gasteiger partial charge < -0.3 is 9.88 Å². The summed E-state index contributed by atoms with van der Waals surface area (Å²) in [5, 5.41) is 3.41. The van der Waals surface area contributed by atoms with Crippen LogP contribution in [0.15, 0.2) is 41.3 Å². The Morgan fingerprint density at radius 2 is 2.28 bits per heavy atom. The maximum atomic E-state index is 4.30. The molecule has 1 aliphatic heterocycles. The van der Waals surface area contributed by atoms with Crippen LogP contribution >= 0.6 is 15.9 Å². The van der Waals surface area contributed by atoms with Gasteiger partial charge in [0.15, 0.2) is 0 Å². The van der Waals surface area contributed by atoms with E-state index in [4.69, 9.17) is 0 Å². The molecule has 1 saturated heterocycles. The monoisotopic (exact) mass is 305 g/mol. The molecule has 0 radical (unpaired) electrons. The molecule has 3 rings (SSSR count). The topological polar surface area (TPSA) is 29.9 Å². The normalized spacial score (nSPS) is 19.3. The SMILES string of the molecule is Brc1ccccc1-c1cncn1CC1CCNC1. The molecule has 0 amide bonds. The number of hydrogen-bond donors (Lipinski definition) is 1. The van der Waals surface area contributed by atoms with E-state index in [9.17, 15) is 0 Å². The molecule has 1 aromatic carbocycles. The van der Waals surface area contributed by atoms with Gasteiger partial charge in [-0.15, -0.1) is 0 Å². The summed E-state index contributed by atoms with van der Waals surface area (Å²) in [7, 11) is 0. The lowest BCUT2D eigenvalue weighted by molar-refractivity contribution is 0.484. The maximum Gasteiger partial charge on any atom is 0.0951 e. The van der Waals surface area contributed by atoms with Crippen molar-refractivity contribution in [1.29, 1.82) is 0 Å². The minimum atomic E-state index is 0.723.